The van der Waals surface area contributed by atoms with Gasteiger partial charge in [0.25, 0.3) is 0 Å². The van der Waals surface area contributed by atoms with Crippen LogP contribution in [0.2, 0.25) is 0 Å². The van der Waals surface area contributed by atoms with Crippen LogP contribution in [0.5, 0.6) is 0 Å². The van der Waals surface area contributed by atoms with E-state index in [1.54, 1.807) is 24.3 Å². The van der Waals surface area contributed by atoms with Crippen molar-refractivity contribution in [3.8, 4) is 0 Å². The Labute approximate surface area is 111 Å². The zero-order valence-electron chi connectivity index (χ0n) is 10.8. The molecule has 1 aliphatic rings. The normalized spacial score (nSPS) is 19.3. The Hall–Kier alpha value is -1.07. The molecule has 1 aromatic rings. The first-order valence-corrected chi connectivity index (χ1v) is 6.67. The Morgan fingerprint density at radius 2 is 1.68 bits per heavy atom. The van der Waals surface area contributed by atoms with Gasteiger partial charge in [-0.25, -0.2) is 10.4 Å². The summed E-state index contributed by atoms with van der Waals surface area (Å²) in [5.74, 6) is 0. The molecule has 0 saturated carbocycles. The number of halogens is 3. The van der Waals surface area contributed by atoms with E-state index >= 15 is 0 Å². The minimum absolute atomic E-state index is 0.686. The summed E-state index contributed by atoms with van der Waals surface area (Å²) in [6.07, 6.45) is -1.76. The minimum atomic E-state index is -4.16. The summed E-state index contributed by atoms with van der Waals surface area (Å²) in [5.41, 5.74) is 3.73. The summed E-state index contributed by atoms with van der Waals surface area (Å²) in [7, 11) is 0. The second-order valence-corrected chi connectivity index (χ2v) is 4.96. The highest BCUT2D eigenvalue weighted by atomic mass is 19.4. The van der Waals surface area contributed by atoms with Gasteiger partial charge in [0, 0.05) is 13.1 Å². The van der Waals surface area contributed by atoms with Crippen LogP contribution in [0.15, 0.2) is 30.3 Å². The Morgan fingerprint density at radius 1 is 1.05 bits per heavy atom. The van der Waals surface area contributed by atoms with E-state index in [9.17, 15) is 13.2 Å². The number of hydrogen-bond acceptors (Lipinski definition) is 2. The summed E-state index contributed by atoms with van der Waals surface area (Å²) in [4.78, 5) is 0. The first kappa shape index (κ1) is 14.3. The van der Waals surface area contributed by atoms with E-state index < -0.39 is 18.6 Å². The van der Waals surface area contributed by atoms with Crippen LogP contribution in [-0.2, 0) is 0 Å². The van der Waals surface area contributed by atoms with Crippen molar-refractivity contribution in [3.05, 3.63) is 35.9 Å². The molecule has 106 valence electrons. The largest absolute Gasteiger partial charge is 0.390 e. The molecule has 1 N–H and O–H groups in total. The monoisotopic (exact) mass is 272 g/mol. The SMILES string of the molecule is FC(F)(F)CC(NN1CCCCC1)c1ccccc1. The molecule has 0 aliphatic carbocycles. The first-order chi connectivity index (χ1) is 9.04. The summed E-state index contributed by atoms with van der Waals surface area (Å²) in [5, 5.41) is 1.92. The number of hydrogen-bond donors (Lipinski definition) is 1. The molecule has 1 saturated heterocycles. The fourth-order valence-electron chi connectivity index (χ4n) is 2.40. The number of benzene rings is 1. The van der Waals surface area contributed by atoms with Crippen LogP contribution in [0.4, 0.5) is 13.2 Å². The van der Waals surface area contributed by atoms with Crippen molar-refractivity contribution in [2.75, 3.05) is 13.1 Å². The highest BCUT2D eigenvalue weighted by Gasteiger charge is 2.33. The van der Waals surface area contributed by atoms with Crippen LogP contribution >= 0.6 is 0 Å². The van der Waals surface area contributed by atoms with Crippen molar-refractivity contribution in [2.45, 2.75) is 37.9 Å². The van der Waals surface area contributed by atoms with Gasteiger partial charge in [-0.05, 0) is 18.4 Å². The molecule has 1 aromatic carbocycles. The molecule has 1 unspecified atom stereocenters. The van der Waals surface area contributed by atoms with Crippen molar-refractivity contribution in [2.24, 2.45) is 0 Å². The topological polar surface area (TPSA) is 15.3 Å². The number of piperidine rings is 1. The third kappa shape index (κ3) is 4.84. The Morgan fingerprint density at radius 3 is 2.26 bits per heavy atom. The van der Waals surface area contributed by atoms with E-state index in [0.717, 1.165) is 32.4 Å². The number of rotatable bonds is 4. The average Bonchev–Trinajstić information content (AvgIpc) is 2.39. The van der Waals surface area contributed by atoms with Crippen LogP contribution in [0.3, 0.4) is 0 Å². The molecule has 1 aliphatic heterocycles. The maximum atomic E-state index is 12.7. The minimum Gasteiger partial charge on any atom is -0.247 e. The second kappa shape index (κ2) is 6.39. The van der Waals surface area contributed by atoms with Gasteiger partial charge in [-0.2, -0.15) is 13.2 Å². The van der Waals surface area contributed by atoms with Crippen LogP contribution in [0, 0.1) is 0 Å². The molecule has 1 heterocycles. The molecule has 0 radical (unpaired) electrons. The summed E-state index contributed by atoms with van der Waals surface area (Å²) in [6.45, 7) is 1.64. The van der Waals surface area contributed by atoms with Gasteiger partial charge < -0.3 is 0 Å². The van der Waals surface area contributed by atoms with Gasteiger partial charge in [0.15, 0.2) is 0 Å². The van der Waals surface area contributed by atoms with Gasteiger partial charge in [0.1, 0.15) is 0 Å². The van der Waals surface area contributed by atoms with Gasteiger partial charge >= 0.3 is 6.18 Å². The van der Waals surface area contributed by atoms with E-state index in [0.29, 0.717) is 5.56 Å². The molecule has 19 heavy (non-hydrogen) atoms. The molecule has 1 atom stereocenters. The van der Waals surface area contributed by atoms with Crippen LogP contribution in [0.25, 0.3) is 0 Å². The van der Waals surface area contributed by atoms with E-state index in [1.165, 1.54) is 0 Å². The van der Waals surface area contributed by atoms with E-state index in [2.05, 4.69) is 5.43 Å². The van der Waals surface area contributed by atoms with Crippen molar-refractivity contribution >= 4 is 0 Å². The summed E-state index contributed by atoms with van der Waals surface area (Å²) in [6, 6.07) is 8.16. The van der Waals surface area contributed by atoms with Crippen molar-refractivity contribution < 1.29 is 13.2 Å². The number of alkyl halides is 3. The lowest BCUT2D eigenvalue weighted by Gasteiger charge is -2.32. The third-order valence-electron chi connectivity index (χ3n) is 3.33. The van der Waals surface area contributed by atoms with Crippen molar-refractivity contribution in [1.82, 2.24) is 10.4 Å². The van der Waals surface area contributed by atoms with E-state index in [1.807, 2.05) is 11.1 Å². The average molecular weight is 272 g/mol. The molecule has 5 heteroatoms. The molecule has 0 spiro atoms. The molecule has 0 bridgehead atoms. The molecular formula is C14H19F3N2. The zero-order chi connectivity index (χ0) is 13.7. The lowest BCUT2D eigenvalue weighted by Crippen LogP contribution is -2.44. The summed E-state index contributed by atoms with van der Waals surface area (Å²) < 4.78 is 38.1. The van der Waals surface area contributed by atoms with Gasteiger partial charge in [0.2, 0.25) is 0 Å². The van der Waals surface area contributed by atoms with Gasteiger partial charge in [-0.1, -0.05) is 36.8 Å². The standard InChI is InChI=1S/C14H19F3N2/c15-14(16,17)11-13(12-7-3-1-4-8-12)18-19-9-5-2-6-10-19/h1,3-4,7-8,13,18H,2,5-6,9-11H2. The molecular weight excluding hydrogens is 253 g/mol. The second-order valence-electron chi connectivity index (χ2n) is 4.96. The fraction of sp³-hybridized carbons (Fsp3) is 0.571. The zero-order valence-corrected chi connectivity index (χ0v) is 10.8. The number of nitrogens with zero attached hydrogens (tertiary/aromatic N) is 1. The molecule has 0 aromatic heterocycles. The lowest BCUT2D eigenvalue weighted by atomic mass is 10.0. The van der Waals surface area contributed by atoms with Crippen molar-refractivity contribution in [3.63, 3.8) is 0 Å². The molecule has 0 amide bonds. The van der Waals surface area contributed by atoms with Gasteiger partial charge in [-0.3, -0.25) is 0 Å². The predicted molar refractivity (Wildman–Crippen MR) is 68.4 cm³/mol. The Kier molecular flexibility index (Phi) is 4.82. The molecule has 1 fully saturated rings. The van der Waals surface area contributed by atoms with Crippen LogP contribution in [-0.4, -0.2) is 24.3 Å². The van der Waals surface area contributed by atoms with Gasteiger partial charge in [-0.15, -0.1) is 0 Å². The maximum absolute atomic E-state index is 12.7. The third-order valence-corrected chi connectivity index (χ3v) is 3.33. The maximum Gasteiger partial charge on any atom is 0.390 e. The van der Waals surface area contributed by atoms with Crippen LogP contribution < -0.4 is 5.43 Å². The number of nitrogens with one attached hydrogen (secondary N) is 1. The lowest BCUT2D eigenvalue weighted by molar-refractivity contribution is -0.144. The van der Waals surface area contributed by atoms with Crippen molar-refractivity contribution in [1.29, 1.82) is 0 Å². The quantitative estimate of drug-likeness (QED) is 0.899. The highest BCUT2D eigenvalue weighted by molar-refractivity contribution is 5.18. The molecule has 2 nitrogen and oxygen atoms in total. The molecule has 2 rings (SSSR count). The van der Waals surface area contributed by atoms with E-state index in [4.69, 9.17) is 0 Å². The van der Waals surface area contributed by atoms with E-state index in [-0.39, 0.29) is 0 Å². The highest BCUT2D eigenvalue weighted by Crippen LogP contribution is 2.30. The Bertz CT molecular complexity index is 372. The summed E-state index contributed by atoms with van der Waals surface area (Å²) >= 11 is 0. The fourth-order valence-corrected chi connectivity index (χ4v) is 2.40. The van der Waals surface area contributed by atoms with Gasteiger partial charge in [0.05, 0.1) is 12.5 Å². The predicted octanol–water partition coefficient (Wildman–Crippen LogP) is 3.67. The smallest absolute Gasteiger partial charge is 0.247 e. The van der Waals surface area contributed by atoms with Crippen LogP contribution in [0.1, 0.15) is 37.3 Å². The first-order valence-electron chi connectivity index (χ1n) is 6.67. The Balaban J connectivity index is 2.05. The number of hydrazine groups is 1.